The van der Waals surface area contributed by atoms with Crippen molar-refractivity contribution < 1.29 is 9.21 Å². The maximum Gasteiger partial charge on any atom is 0.255 e. The fourth-order valence-electron chi connectivity index (χ4n) is 3.08. The van der Waals surface area contributed by atoms with Crippen LogP contribution in [-0.4, -0.2) is 15.9 Å². The van der Waals surface area contributed by atoms with Gasteiger partial charge in [0.1, 0.15) is 11.2 Å². The Morgan fingerprint density at radius 3 is 2.80 bits per heavy atom. The van der Waals surface area contributed by atoms with Gasteiger partial charge in [0.2, 0.25) is 0 Å². The van der Waals surface area contributed by atoms with Crippen molar-refractivity contribution in [3.8, 4) is 0 Å². The van der Waals surface area contributed by atoms with Crippen molar-refractivity contribution in [1.82, 2.24) is 9.97 Å². The molecule has 5 aromatic rings. The van der Waals surface area contributed by atoms with E-state index >= 15 is 0 Å². The van der Waals surface area contributed by atoms with Gasteiger partial charge in [-0.2, -0.15) is 0 Å². The van der Waals surface area contributed by atoms with E-state index in [0.29, 0.717) is 5.56 Å². The molecule has 5 heteroatoms. The molecule has 0 spiro atoms. The summed E-state index contributed by atoms with van der Waals surface area (Å²) in [5, 5.41) is 4.97. The fourth-order valence-corrected chi connectivity index (χ4v) is 3.08. The van der Waals surface area contributed by atoms with Crippen molar-refractivity contribution in [2.75, 3.05) is 5.32 Å². The first-order chi connectivity index (χ1) is 12.3. The molecule has 0 atom stereocenters. The quantitative estimate of drug-likeness (QED) is 0.493. The molecule has 0 aliphatic carbocycles. The number of furan rings is 1. The number of H-pyrrole nitrogens is 1. The van der Waals surface area contributed by atoms with Crippen LogP contribution in [0.3, 0.4) is 0 Å². The van der Waals surface area contributed by atoms with Gasteiger partial charge in [0, 0.05) is 22.0 Å². The number of nitrogens with zero attached hydrogens (tertiary/aromatic N) is 1. The number of aromatic amines is 1. The zero-order valence-corrected chi connectivity index (χ0v) is 13.1. The maximum absolute atomic E-state index is 12.5. The number of para-hydroxylation sites is 1. The number of imidazole rings is 1. The van der Waals surface area contributed by atoms with Crippen LogP contribution in [0.4, 0.5) is 5.69 Å². The molecule has 0 aliphatic heterocycles. The molecule has 0 saturated heterocycles. The second-order valence-electron chi connectivity index (χ2n) is 5.90. The average molecular weight is 327 g/mol. The maximum atomic E-state index is 12.5. The predicted octanol–water partition coefficient (Wildman–Crippen LogP) is 4.71. The number of anilines is 1. The second kappa shape index (κ2) is 5.21. The minimum absolute atomic E-state index is 0.163. The number of hydrogen-bond acceptors (Lipinski definition) is 3. The van der Waals surface area contributed by atoms with E-state index in [1.54, 1.807) is 18.5 Å². The number of aromatic nitrogens is 2. The van der Waals surface area contributed by atoms with Crippen molar-refractivity contribution in [3.63, 3.8) is 0 Å². The smallest absolute Gasteiger partial charge is 0.255 e. The summed E-state index contributed by atoms with van der Waals surface area (Å²) < 4.78 is 5.81. The van der Waals surface area contributed by atoms with E-state index in [1.807, 2.05) is 48.5 Å². The molecule has 1 amide bonds. The van der Waals surface area contributed by atoms with Gasteiger partial charge >= 0.3 is 0 Å². The van der Waals surface area contributed by atoms with Crippen molar-refractivity contribution in [2.45, 2.75) is 0 Å². The summed E-state index contributed by atoms with van der Waals surface area (Å²) >= 11 is 0. The normalized spacial score (nSPS) is 11.4. The molecule has 2 N–H and O–H groups in total. The number of carbonyl (C=O) groups is 1. The Labute approximate surface area is 142 Å². The molecule has 2 heterocycles. The molecule has 0 radical (unpaired) electrons. The summed E-state index contributed by atoms with van der Waals surface area (Å²) in [6, 6.07) is 18.9. The predicted molar refractivity (Wildman–Crippen MR) is 97.8 cm³/mol. The third-order valence-electron chi connectivity index (χ3n) is 4.32. The molecule has 0 fully saturated rings. The van der Waals surface area contributed by atoms with Crippen LogP contribution in [0.5, 0.6) is 0 Å². The van der Waals surface area contributed by atoms with Crippen LogP contribution in [0.25, 0.3) is 33.0 Å². The largest absolute Gasteiger partial charge is 0.456 e. The minimum atomic E-state index is -0.163. The van der Waals surface area contributed by atoms with E-state index in [9.17, 15) is 4.79 Å². The third-order valence-corrected chi connectivity index (χ3v) is 4.32. The summed E-state index contributed by atoms with van der Waals surface area (Å²) in [6.45, 7) is 0. The number of rotatable bonds is 2. The van der Waals surface area contributed by atoms with Crippen LogP contribution in [0.2, 0.25) is 0 Å². The molecule has 0 bridgehead atoms. The van der Waals surface area contributed by atoms with Crippen LogP contribution in [0, 0.1) is 0 Å². The van der Waals surface area contributed by atoms with E-state index in [0.717, 1.165) is 38.7 Å². The fraction of sp³-hybridized carbons (Fsp3) is 0. The van der Waals surface area contributed by atoms with E-state index < -0.39 is 0 Å². The van der Waals surface area contributed by atoms with Gasteiger partial charge in [-0.1, -0.05) is 18.2 Å². The molecule has 25 heavy (non-hydrogen) atoms. The minimum Gasteiger partial charge on any atom is -0.456 e. The highest BCUT2D eigenvalue weighted by atomic mass is 16.3. The van der Waals surface area contributed by atoms with Gasteiger partial charge in [0.25, 0.3) is 5.91 Å². The van der Waals surface area contributed by atoms with Crippen LogP contribution >= 0.6 is 0 Å². The first kappa shape index (κ1) is 13.8. The van der Waals surface area contributed by atoms with Crippen molar-refractivity contribution >= 4 is 44.6 Å². The Balaban J connectivity index is 1.52. The highest BCUT2D eigenvalue weighted by Gasteiger charge is 2.11. The van der Waals surface area contributed by atoms with E-state index in [1.165, 1.54) is 0 Å². The zero-order valence-electron chi connectivity index (χ0n) is 13.1. The molecular formula is C20H13N3O2. The number of benzene rings is 3. The van der Waals surface area contributed by atoms with Crippen molar-refractivity contribution in [3.05, 3.63) is 72.6 Å². The Morgan fingerprint density at radius 2 is 1.84 bits per heavy atom. The molecule has 120 valence electrons. The molecule has 2 aromatic heterocycles. The van der Waals surface area contributed by atoms with Gasteiger partial charge in [-0.05, 0) is 42.5 Å². The van der Waals surface area contributed by atoms with Gasteiger partial charge in [-0.25, -0.2) is 4.98 Å². The standard InChI is InChI=1S/C20H13N3O2/c24-20(12-5-7-16-17(9-12)22-11-21-16)23-13-6-8-19-15(10-13)14-3-1-2-4-18(14)25-19/h1-11H,(H,21,22)(H,23,24). The van der Waals surface area contributed by atoms with Gasteiger partial charge < -0.3 is 14.7 Å². The monoisotopic (exact) mass is 327 g/mol. The zero-order chi connectivity index (χ0) is 16.8. The Kier molecular flexibility index (Phi) is 2.87. The lowest BCUT2D eigenvalue weighted by atomic mass is 10.1. The topological polar surface area (TPSA) is 70.9 Å². The molecule has 3 aromatic carbocycles. The Hall–Kier alpha value is -3.60. The van der Waals surface area contributed by atoms with Crippen LogP contribution in [0.1, 0.15) is 10.4 Å². The Bertz CT molecular complexity index is 1250. The van der Waals surface area contributed by atoms with Crippen molar-refractivity contribution in [2.24, 2.45) is 0 Å². The second-order valence-corrected chi connectivity index (χ2v) is 5.90. The van der Waals surface area contributed by atoms with Gasteiger partial charge in [0.15, 0.2) is 0 Å². The lowest BCUT2D eigenvalue weighted by Crippen LogP contribution is -2.11. The number of nitrogens with one attached hydrogen (secondary N) is 2. The van der Waals surface area contributed by atoms with Gasteiger partial charge in [-0.3, -0.25) is 4.79 Å². The highest BCUT2D eigenvalue weighted by Crippen LogP contribution is 2.30. The van der Waals surface area contributed by atoms with E-state index in [-0.39, 0.29) is 5.91 Å². The summed E-state index contributed by atoms with van der Waals surface area (Å²) in [5.41, 5.74) is 4.62. The summed E-state index contributed by atoms with van der Waals surface area (Å²) in [7, 11) is 0. The number of fused-ring (bicyclic) bond motifs is 4. The third kappa shape index (κ3) is 2.25. The van der Waals surface area contributed by atoms with Crippen LogP contribution in [-0.2, 0) is 0 Å². The summed E-state index contributed by atoms with van der Waals surface area (Å²) in [5.74, 6) is -0.163. The molecule has 5 rings (SSSR count). The van der Waals surface area contributed by atoms with E-state index in [2.05, 4.69) is 15.3 Å². The molecule has 0 aliphatic rings. The lowest BCUT2D eigenvalue weighted by molar-refractivity contribution is 0.102. The summed E-state index contributed by atoms with van der Waals surface area (Å²) in [4.78, 5) is 19.7. The first-order valence-electron chi connectivity index (χ1n) is 7.94. The number of amides is 1. The number of carbonyl (C=O) groups excluding carboxylic acids is 1. The van der Waals surface area contributed by atoms with Crippen LogP contribution < -0.4 is 5.32 Å². The SMILES string of the molecule is O=C(Nc1ccc2oc3ccccc3c2c1)c1ccc2nc[nH]c2c1. The molecule has 0 unspecified atom stereocenters. The van der Waals surface area contributed by atoms with Gasteiger partial charge in [0.05, 0.1) is 17.4 Å². The lowest BCUT2D eigenvalue weighted by Gasteiger charge is -2.05. The molecular weight excluding hydrogens is 314 g/mol. The first-order valence-corrected chi connectivity index (χ1v) is 7.94. The highest BCUT2D eigenvalue weighted by molar-refractivity contribution is 6.09. The van der Waals surface area contributed by atoms with Crippen molar-refractivity contribution in [1.29, 1.82) is 0 Å². The Morgan fingerprint density at radius 1 is 0.960 bits per heavy atom. The number of hydrogen-bond donors (Lipinski definition) is 2. The van der Waals surface area contributed by atoms with Crippen LogP contribution in [0.15, 0.2) is 71.4 Å². The average Bonchev–Trinajstić information content (AvgIpc) is 3.25. The molecule has 0 saturated carbocycles. The summed E-state index contributed by atoms with van der Waals surface area (Å²) in [6.07, 6.45) is 1.62. The van der Waals surface area contributed by atoms with Gasteiger partial charge in [-0.15, -0.1) is 0 Å². The van der Waals surface area contributed by atoms with E-state index in [4.69, 9.17) is 4.42 Å². The molecule has 5 nitrogen and oxygen atoms in total.